The Labute approximate surface area is 129 Å². The molecule has 0 fully saturated rings. The van der Waals surface area contributed by atoms with E-state index in [4.69, 9.17) is 16.3 Å². The van der Waals surface area contributed by atoms with Gasteiger partial charge in [0, 0.05) is 11.1 Å². The first kappa shape index (κ1) is 15.1. The third-order valence-corrected chi connectivity index (χ3v) is 3.16. The smallest absolute Gasteiger partial charge is 0.248 e. The first-order valence-electron chi connectivity index (χ1n) is 6.48. The normalized spacial score (nSPS) is 10.6. The average Bonchev–Trinajstić information content (AvgIpc) is 2.48. The molecule has 21 heavy (non-hydrogen) atoms. The lowest BCUT2D eigenvalue weighted by atomic mass is 10.2. The molecule has 0 unspecified atom stereocenters. The molecular formula is C17H16ClNO2. The lowest BCUT2D eigenvalue weighted by Crippen LogP contribution is -2.08. The molecule has 108 valence electrons. The van der Waals surface area contributed by atoms with Crippen LogP contribution in [0, 0.1) is 6.92 Å². The predicted octanol–water partition coefficient (Wildman–Crippen LogP) is 4.31. The Bertz CT molecular complexity index is 663. The highest BCUT2D eigenvalue weighted by atomic mass is 35.5. The SMILES string of the molecule is COc1cc(C)ccc1NC(=O)C=Cc1ccc(Cl)cc1. The fourth-order valence-corrected chi connectivity index (χ4v) is 1.95. The zero-order chi connectivity index (χ0) is 15.2. The molecule has 4 heteroatoms. The van der Waals surface area contributed by atoms with Crippen LogP contribution in [0.15, 0.2) is 48.5 Å². The van der Waals surface area contributed by atoms with Crippen molar-refractivity contribution in [3.8, 4) is 5.75 Å². The molecule has 0 saturated heterocycles. The van der Waals surface area contributed by atoms with Gasteiger partial charge in [-0.05, 0) is 48.4 Å². The van der Waals surface area contributed by atoms with E-state index in [0.29, 0.717) is 16.5 Å². The third-order valence-electron chi connectivity index (χ3n) is 2.91. The number of benzene rings is 2. The Morgan fingerprint density at radius 1 is 1.19 bits per heavy atom. The van der Waals surface area contributed by atoms with Gasteiger partial charge in [0.15, 0.2) is 0 Å². The maximum absolute atomic E-state index is 11.9. The second-order valence-corrected chi connectivity index (χ2v) is 5.01. The Hall–Kier alpha value is -2.26. The molecule has 0 radical (unpaired) electrons. The van der Waals surface area contributed by atoms with Crippen molar-refractivity contribution in [2.24, 2.45) is 0 Å². The van der Waals surface area contributed by atoms with Crippen molar-refractivity contribution in [3.63, 3.8) is 0 Å². The maximum Gasteiger partial charge on any atom is 0.248 e. The molecular weight excluding hydrogens is 286 g/mol. The summed E-state index contributed by atoms with van der Waals surface area (Å²) >= 11 is 5.81. The van der Waals surface area contributed by atoms with E-state index in [9.17, 15) is 4.79 Å². The number of anilines is 1. The lowest BCUT2D eigenvalue weighted by Gasteiger charge is -2.09. The molecule has 3 nitrogen and oxygen atoms in total. The van der Waals surface area contributed by atoms with Crippen molar-refractivity contribution in [1.82, 2.24) is 0 Å². The van der Waals surface area contributed by atoms with E-state index in [1.807, 2.05) is 37.3 Å². The van der Waals surface area contributed by atoms with Crippen LogP contribution < -0.4 is 10.1 Å². The fraction of sp³-hybridized carbons (Fsp3) is 0.118. The summed E-state index contributed by atoms with van der Waals surface area (Å²) in [5, 5.41) is 3.46. The van der Waals surface area contributed by atoms with Crippen LogP contribution in [0.25, 0.3) is 6.08 Å². The molecule has 1 amide bonds. The summed E-state index contributed by atoms with van der Waals surface area (Å²) in [6.07, 6.45) is 3.20. The van der Waals surface area contributed by atoms with E-state index in [0.717, 1.165) is 11.1 Å². The van der Waals surface area contributed by atoms with Gasteiger partial charge in [0.25, 0.3) is 0 Å². The quantitative estimate of drug-likeness (QED) is 0.855. The van der Waals surface area contributed by atoms with Crippen LogP contribution in [0.4, 0.5) is 5.69 Å². The number of methoxy groups -OCH3 is 1. The molecule has 0 aliphatic carbocycles. The molecule has 0 aliphatic rings. The Morgan fingerprint density at radius 2 is 1.90 bits per heavy atom. The minimum atomic E-state index is -0.216. The van der Waals surface area contributed by atoms with Crippen molar-refractivity contribution in [3.05, 3.63) is 64.7 Å². The lowest BCUT2D eigenvalue weighted by molar-refractivity contribution is -0.111. The van der Waals surface area contributed by atoms with Gasteiger partial charge in [0.2, 0.25) is 5.91 Å². The third kappa shape index (κ3) is 4.36. The number of aryl methyl sites for hydroxylation is 1. The van der Waals surface area contributed by atoms with E-state index in [1.165, 1.54) is 6.08 Å². The van der Waals surface area contributed by atoms with Crippen LogP contribution in [0.3, 0.4) is 0 Å². The highest BCUT2D eigenvalue weighted by Gasteiger charge is 2.05. The number of ether oxygens (including phenoxy) is 1. The first-order valence-corrected chi connectivity index (χ1v) is 6.85. The molecule has 0 saturated carbocycles. The van der Waals surface area contributed by atoms with Gasteiger partial charge in [0.05, 0.1) is 12.8 Å². The molecule has 0 spiro atoms. The van der Waals surface area contributed by atoms with Crippen LogP contribution in [-0.2, 0) is 4.79 Å². The molecule has 0 bridgehead atoms. The van der Waals surface area contributed by atoms with Crippen LogP contribution in [0.1, 0.15) is 11.1 Å². The Balaban J connectivity index is 2.06. The van der Waals surface area contributed by atoms with Crippen molar-refractivity contribution in [2.75, 3.05) is 12.4 Å². The Kier molecular flexibility index (Phi) is 5.01. The molecule has 0 aliphatic heterocycles. The standard InChI is InChI=1S/C17H16ClNO2/c1-12-3-9-15(16(11-12)21-2)19-17(20)10-6-13-4-7-14(18)8-5-13/h3-11H,1-2H3,(H,19,20). The van der Waals surface area contributed by atoms with Crippen LogP contribution in [0.2, 0.25) is 5.02 Å². The van der Waals surface area contributed by atoms with Gasteiger partial charge in [-0.2, -0.15) is 0 Å². The van der Waals surface area contributed by atoms with Gasteiger partial charge < -0.3 is 10.1 Å². The van der Waals surface area contributed by atoms with E-state index >= 15 is 0 Å². The molecule has 0 heterocycles. The Morgan fingerprint density at radius 3 is 2.57 bits per heavy atom. The highest BCUT2D eigenvalue weighted by molar-refractivity contribution is 6.30. The number of carbonyl (C=O) groups excluding carboxylic acids is 1. The van der Waals surface area contributed by atoms with Gasteiger partial charge >= 0.3 is 0 Å². The van der Waals surface area contributed by atoms with Gasteiger partial charge in [-0.15, -0.1) is 0 Å². The van der Waals surface area contributed by atoms with E-state index in [2.05, 4.69) is 5.32 Å². The summed E-state index contributed by atoms with van der Waals surface area (Å²) in [5.74, 6) is 0.426. The number of hydrogen-bond acceptors (Lipinski definition) is 2. The van der Waals surface area contributed by atoms with Crippen LogP contribution in [0.5, 0.6) is 5.75 Å². The van der Waals surface area contributed by atoms with Crippen molar-refractivity contribution >= 4 is 29.3 Å². The molecule has 2 aromatic rings. The summed E-state index contributed by atoms with van der Waals surface area (Å²) in [7, 11) is 1.58. The van der Waals surface area contributed by atoms with Gasteiger partial charge in [0.1, 0.15) is 5.75 Å². The molecule has 0 aromatic heterocycles. The van der Waals surface area contributed by atoms with E-state index in [1.54, 1.807) is 25.3 Å². The summed E-state index contributed by atoms with van der Waals surface area (Å²) in [6, 6.07) is 12.9. The number of amides is 1. The van der Waals surface area contributed by atoms with Crippen LogP contribution in [-0.4, -0.2) is 13.0 Å². The van der Waals surface area contributed by atoms with Crippen molar-refractivity contribution < 1.29 is 9.53 Å². The second-order valence-electron chi connectivity index (χ2n) is 4.58. The number of carbonyl (C=O) groups is 1. The number of rotatable bonds is 4. The highest BCUT2D eigenvalue weighted by Crippen LogP contribution is 2.25. The van der Waals surface area contributed by atoms with Crippen molar-refractivity contribution in [1.29, 1.82) is 0 Å². The summed E-state index contributed by atoms with van der Waals surface area (Å²) in [4.78, 5) is 11.9. The first-order chi connectivity index (χ1) is 10.1. The molecule has 1 N–H and O–H groups in total. The number of halogens is 1. The molecule has 2 rings (SSSR count). The minimum absolute atomic E-state index is 0.216. The zero-order valence-electron chi connectivity index (χ0n) is 11.9. The number of hydrogen-bond donors (Lipinski definition) is 1. The van der Waals surface area contributed by atoms with Gasteiger partial charge in [-0.1, -0.05) is 29.8 Å². The topological polar surface area (TPSA) is 38.3 Å². The average molecular weight is 302 g/mol. The maximum atomic E-state index is 11.9. The number of nitrogens with one attached hydrogen (secondary N) is 1. The minimum Gasteiger partial charge on any atom is -0.495 e. The van der Waals surface area contributed by atoms with E-state index < -0.39 is 0 Å². The molecule has 0 atom stereocenters. The summed E-state index contributed by atoms with van der Waals surface area (Å²) in [5.41, 5.74) is 2.63. The predicted molar refractivity (Wildman–Crippen MR) is 86.8 cm³/mol. The largest absolute Gasteiger partial charge is 0.495 e. The molecule has 2 aromatic carbocycles. The zero-order valence-corrected chi connectivity index (χ0v) is 12.6. The summed E-state index contributed by atoms with van der Waals surface area (Å²) < 4.78 is 5.25. The fourth-order valence-electron chi connectivity index (χ4n) is 1.82. The van der Waals surface area contributed by atoms with E-state index in [-0.39, 0.29) is 5.91 Å². The summed E-state index contributed by atoms with van der Waals surface area (Å²) in [6.45, 7) is 1.97. The van der Waals surface area contributed by atoms with Crippen molar-refractivity contribution in [2.45, 2.75) is 6.92 Å². The monoisotopic (exact) mass is 301 g/mol. The van der Waals surface area contributed by atoms with Gasteiger partial charge in [-0.3, -0.25) is 4.79 Å². The van der Waals surface area contributed by atoms with Gasteiger partial charge in [-0.25, -0.2) is 0 Å². The second kappa shape index (κ2) is 6.95. The van der Waals surface area contributed by atoms with Crippen LogP contribution >= 0.6 is 11.6 Å².